The third-order valence-corrected chi connectivity index (χ3v) is 5.34. The molecule has 0 saturated heterocycles. The zero-order chi connectivity index (χ0) is 22.0. The summed E-state index contributed by atoms with van der Waals surface area (Å²) in [5.41, 5.74) is 0.492. The van der Waals surface area contributed by atoms with E-state index in [0.717, 1.165) is 0 Å². The number of ether oxygens (including phenoxy) is 2. The molecule has 8 nitrogen and oxygen atoms in total. The Morgan fingerprint density at radius 2 is 1.97 bits per heavy atom. The highest BCUT2D eigenvalue weighted by atomic mass is 79.9. The highest BCUT2D eigenvalue weighted by molar-refractivity contribution is 9.11. The molecule has 0 aromatic heterocycles. The summed E-state index contributed by atoms with van der Waals surface area (Å²) in [6.45, 7) is 1.68. The fourth-order valence-corrected chi connectivity index (χ4v) is 3.99. The van der Waals surface area contributed by atoms with Crippen molar-refractivity contribution in [3.8, 4) is 5.75 Å². The van der Waals surface area contributed by atoms with Crippen LogP contribution in [0.4, 0.5) is 5.69 Å². The lowest BCUT2D eigenvalue weighted by molar-refractivity contribution is -0.384. The second kappa shape index (κ2) is 9.07. The van der Waals surface area contributed by atoms with Crippen molar-refractivity contribution in [1.82, 2.24) is 0 Å². The van der Waals surface area contributed by atoms with E-state index in [1.54, 1.807) is 19.1 Å². The summed E-state index contributed by atoms with van der Waals surface area (Å²) >= 11 is 12.5. The largest absolute Gasteiger partial charge is 0.424 e. The number of nitro groups is 1. The zero-order valence-electron chi connectivity index (χ0n) is 15.1. The van der Waals surface area contributed by atoms with Crippen LogP contribution in [0.3, 0.4) is 0 Å². The summed E-state index contributed by atoms with van der Waals surface area (Å²) in [7, 11) is 0. The van der Waals surface area contributed by atoms with E-state index >= 15 is 0 Å². The van der Waals surface area contributed by atoms with Crippen molar-refractivity contribution >= 4 is 73.1 Å². The van der Waals surface area contributed by atoms with E-state index in [1.807, 2.05) is 0 Å². The van der Waals surface area contributed by atoms with Crippen LogP contribution in [0.15, 0.2) is 50.0 Å². The Morgan fingerprint density at radius 3 is 2.57 bits per heavy atom. The summed E-state index contributed by atoms with van der Waals surface area (Å²) in [6.07, 6.45) is 1.69. The van der Waals surface area contributed by atoms with Gasteiger partial charge in [0.25, 0.3) is 5.69 Å². The maximum atomic E-state index is 12.2. The second-order valence-corrected chi connectivity index (χ2v) is 8.02. The predicted molar refractivity (Wildman–Crippen MR) is 116 cm³/mol. The number of hydrogen-bond acceptors (Lipinski definition) is 7. The van der Waals surface area contributed by atoms with Gasteiger partial charge in [0.2, 0.25) is 5.90 Å². The molecular weight excluding hydrogens is 547 g/mol. The molecule has 11 heteroatoms. The SMILES string of the molecule is CCC(=O)Oc1c(Br)cc(/C=C2\N=C(c3ccc(Cl)c([N+](=O)[O-])c3)OC2=O)cc1Br. The Bertz CT molecular complexity index is 1120. The first-order chi connectivity index (χ1) is 14.2. The number of halogens is 3. The molecule has 0 amide bonds. The number of nitro benzene ring substituents is 1. The van der Waals surface area contributed by atoms with Crippen LogP contribution in [0.25, 0.3) is 6.08 Å². The molecule has 1 heterocycles. The molecule has 0 N–H and O–H groups in total. The molecule has 3 rings (SSSR count). The lowest BCUT2D eigenvalue weighted by Gasteiger charge is -2.09. The standard InChI is InChI=1S/C19H11Br2ClN2O6/c1-2-16(25)29-17-11(20)5-9(6-12(17)21)7-14-19(26)30-18(23-14)10-3-4-13(22)15(8-10)24(27)28/h3-8H,2H2,1H3/b14-7-. The number of esters is 2. The van der Waals surface area contributed by atoms with E-state index in [9.17, 15) is 19.7 Å². The minimum atomic E-state index is -0.712. The quantitative estimate of drug-likeness (QED) is 0.159. The van der Waals surface area contributed by atoms with Crippen LogP contribution >= 0.6 is 43.5 Å². The number of carbonyl (C=O) groups excluding carboxylic acids is 2. The molecule has 0 radical (unpaired) electrons. The third-order valence-electron chi connectivity index (χ3n) is 3.84. The first-order valence-electron chi connectivity index (χ1n) is 8.36. The topological polar surface area (TPSA) is 108 Å². The Hall–Kier alpha value is -2.56. The maximum absolute atomic E-state index is 12.2. The van der Waals surface area contributed by atoms with Gasteiger partial charge < -0.3 is 9.47 Å². The van der Waals surface area contributed by atoms with Crippen LogP contribution in [-0.4, -0.2) is 22.8 Å². The van der Waals surface area contributed by atoms with Crippen molar-refractivity contribution in [3.63, 3.8) is 0 Å². The van der Waals surface area contributed by atoms with Gasteiger partial charge in [-0.3, -0.25) is 14.9 Å². The van der Waals surface area contributed by atoms with Crippen LogP contribution in [-0.2, 0) is 14.3 Å². The second-order valence-electron chi connectivity index (χ2n) is 5.90. The van der Waals surface area contributed by atoms with E-state index in [2.05, 4.69) is 36.9 Å². The van der Waals surface area contributed by atoms with Crippen molar-refractivity contribution in [2.75, 3.05) is 0 Å². The molecule has 0 fully saturated rings. The van der Waals surface area contributed by atoms with E-state index in [4.69, 9.17) is 21.1 Å². The maximum Gasteiger partial charge on any atom is 0.363 e. The minimum absolute atomic E-state index is 0.000272. The van der Waals surface area contributed by atoms with Gasteiger partial charge in [0.15, 0.2) is 11.4 Å². The summed E-state index contributed by atoms with van der Waals surface area (Å²) in [4.78, 5) is 38.3. The first kappa shape index (κ1) is 22.1. The van der Waals surface area contributed by atoms with Gasteiger partial charge in [0, 0.05) is 18.1 Å². The van der Waals surface area contributed by atoms with Crippen LogP contribution in [0.5, 0.6) is 5.75 Å². The van der Waals surface area contributed by atoms with Crippen molar-refractivity contribution in [1.29, 1.82) is 0 Å². The Morgan fingerprint density at radius 1 is 1.30 bits per heavy atom. The van der Waals surface area contributed by atoms with E-state index in [0.29, 0.717) is 20.3 Å². The molecule has 1 aliphatic rings. The lowest BCUT2D eigenvalue weighted by Crippen LogP contribution is -2.06. The number of rotatable bonds is 5. The van der Waals surface area contributed by atoms with Gasteiger partial charge in [-0.05, 0) is 67.8 Å². The number of nitrogens with zero attached hydrogens (tertiary/aromatic N) is 2. The molecule has 0 atom stereocenters. The van der Waals surface area contributed by atoms with Crippen molar-refractivity contribution < 1.29 is 24.0 Å². The zero-order valence-corrected chi connectivity index (χ0v) is 19.1. The summed E-state index contributed by atoms with van der Waals surface area (Å²) < 4.78 is 11.4. The van der Waals surface area contributed by atoms with Gasteiger partial charge in [-0.2, -0.15) is 0 Å². The Labute approximate surface area is 191 Å². The normalized spacial score (nSPS) is 14.5. The number of carbonyl (C=O) groups is 2. The number of benzene rings is 2. The van der Waals surface area contributed by atoms with Crippen LogP contribution in [0.1, 0.15) is 24.5 Å². The molecule has 154 valence electrons. The molecule has 1 aliphatic heterocycles. The molecule has 2 aromatic carbocycles. The monoisotopic (exact) mass is 556 g/mol. The number of cyclic esters (lactones) is 1. The fraction of sp³-hybridized carbons (Fsp3) is 0.105. The molecule has 0 unspecified atom stereocenters. The van der Waals surface area contributed by atoms with Crippen molar-refractivity contribution in [2.45, 2.75) is 13.3 Å². The third kappa shape index (κ3) is 4.77. The molecule has 30 heavy (non-hydrogen) atoms. The average Bonchev–Trinajstić information content (AvgIpc) is 3.05. The van der Waals surface area contributed by atoms with Crippen LogP contribution in [0, 0.1) is 10.1 Å². The van der Waals surface area contributed by atoms with Gasteiger partial charge in [-0.25, -0.2) is 9.79 Å². The Kier molecular flexibility index (Phi) is 6.69. The lowest BCUT2D eigenvalue weighted by atomic mass is 10.2. The van der Waals surface area contributed by atoms with E-state index in [-0.39, 0.29) is 34.3 Å². The van der Waals surface area contributed by atoms with E-state index in [1.165, 1.54) is 24.3 Å². The van der Waals surface area contributed by atoms with Crippen molar-refractivity contribution in [2.24, 2.45) is 4.99 Å². The first-order valence-corrected chi connectivity index (χ1v) is 10.3. The van der Waals surface area contributed by atoms with Crippen molar-refractivity contribution in [3.05, 3.63) is 71.2 Å². The highest BCUT2D eigenvalue weighted by Gasteiger charge is 2.26. The summed E-state index contributed by atoms with van der Waals surface area (Å²) in [5, 5.41) is 11.0. The predicted octanol–water partition coefficient (Wildman–Crippen LogP) is 5.43. The molecule has 0 bridgehead atoms. The molecule has 0 saturated carbocycles. The van der Waals surface area contributed by atoms with Gasteiger partial charge in [0.1, 0.15) is 5.02 Å². The Balaban J connectivity index is 1.94. The summed E-state index contributed by atoms with van der Waals surface area (Å²) in [6, 6.07) is 7.27. The summed E-state index contributed by atoms with van der Waals surface area (Å²) in [5.74, 6) is -0.863. The molecule has 2 aromatic rings. The molecule has 0 spiro atoms. The minimum Gasteiger partial charge on any atom is -0.424 e. The van der Waals surface area contributed by atoms with Gasteiger partial charge >= 0.3 is 11.9 Å². The average molecular weight is 559 g/mol. The molecule has 0 aliphatic carbocycles. The van der Waals surface area contributed by atoms with Crippen LogP contribution in [0.2, 0.25) is 5.02 Å². The van der Waals surface area contributed by atoms with Gasteiger partial charge in [0.05, 0.1) is 13.9 Å². The van der Waals surface area contributed by atoms with E-state index < -0.39 is 16.9 Å². The number of aliphatic imine (C=N–C) groups is 1. The highest BCUT2D eigenvalue weighted by Crippen LogP contribution is 2.36. The fourth-order valence-electron chi connectivity index (χ4n) is 2.42. The molecular formula is C19H11Br2ClN2O6. The smallest absolute Gasteiger partial charge is 0.363 e. The van der Waals surface area contributed by atoms with Gasteiger partial charge in [-0.1, -0.05) is 18.5 Å². The number of hydrogen-bond donors (Lipinski definition) is 0. The van der Waals surface area contributed by atoms with Crippen LogP contribution < -0.4 is 4.74 Å². The van der Waals surface area contributed by atoms with Gasteiger partial charge in [-0.15, -0.1) is 0 Å².